The number of hydrogen-bond donors (Lipinski definition) is 0. The van der Waals surface area contributed by atoms with E-state index in [-0.39, 0.29) is 0 Å². The summed E-state index contributed by atoms with van der Waals surface area (Å²) in [6.07, 6.45) is 8.52. The summed E-state index contributed by atoms with van der Waals surface area (Å²) < 4.78 is 65.1. The summed E-state index contributed by atoms with van der Waals surface area (Å²) in [4.78, 5) is 0. The van der Waals surface area contributed by atoms with Gasteiger partial charge < -0.3 is 0 Å². The second kappa shape index (κ2) is 9.52. The number of aryl methyl sites for hydroxylation is 1. The normalized spacial score (nSPS) is 21.5. The van der Waals surface area contributed by atoms with E-state index in [2.05, 4.69) is 19.1 Å². The van der Waals surface area contributed by atoms with Gasteiger partial charge in [0, 0.05) is 0 Å². The molecule has 0 saturated heterocycles. The predicted octanol–water partition coefficient (Wildman–Crippen LogP) is 7.47. The van der Waals surface area contributed by atoms with Crippen molar-refractivity contribution in [3.63, 3.8) is 0 Å². The Hall–Kier alpha value is -1.39. The molecule has 1 fully saturated rings. The lowest BCUT2D eigenvalue weighted by molar-refractivity contribution is -0.142. The zero-order valence-corrected chi connectivity index (χ0v) is 15.2. The number of alkyl halides is 3. The van der Waals surface area contributed by atoms with E-state index >= 15 is 0 Å². The Labute approximate surface area is 152 Å². The van der Waals surface area contributed by atoms with Crippen molar-refractivity contribution in [3.05, 3.63) is 47.0 Å². The maximum absolute atomic E-state index is 13.6. The highest BCUT2D eigenvalue weighted by Gasteiger charge is 2.37. The first-order valence-electron chi connectivity index (χ1n) is 9.51. The third-order valence-corrected chi connectivity index (χ3v) is 5.34. The van der Waals surface area contributed by atoms with Crippen LogP contribution in [-0.4, -0.2) is 0 Å². The number of hydrogen-bond acceptors (Lipinski definition) is 0. The monoisotopic (exact) mass is 374 g/mol. The van der Waals surface area contributed by atoms with E-state index in [1.807, 2.05) is 0 Å². The van der Waals surface area contributed by atoms with Gasteiger partial charge in [-0.25, -0.2) is 8.78 Å². The number of rotatable bonds is 7. The molecule has 0 heterocycles. The van der Waals surface area contributed by atoms with Crippen molar-refractivity contribution < 1.29 is 22.0 Å². The highest BCUT2D eigenvalue weighted by atomic mass is 19.4. The Morgan fingerprint density at radius 1 is 0.923 bits per heavy atom. The lowest BCUT2D eigenvalue weighted by Gasteiger charge is -2.28. The summed E-state index contributed by atoms with van der Waals surface area (Å²) in [6, 6.07) is 1.66. The SMILES string of the molecule is CCC=CCCC1CCC(CCc2cc(F)c(C(F)(F)F)c(F)c2)CC1. The Bertz CT molecular complexity index is 572. The standard InChI is InChI=1S/C21H27F5/c1-2-3-4-5-6-15-7-9-16(10-8-15)11-12-17-13-18(22)20(19(23)14-17)21(24,25)26/h3-4,13-16H,2,5-12H2,1H3. The molecule has 2 rings (SSSR count). The second-order valence-electron chi connectivity index (χ2n) is 7.31. The van der Waals surface area contributed by atoms with Gasteiger partial charge in [0.15, 0.2) is 0 Å². The molecule has 0 aromatic heterocycles. The quantitative estimate of drug-likeness (QED) is 0.343. The first-order chi connectivity index (χ1) is 12.3. The van der Waals surface area contributed by atoms with Crippen LogP contribution in [0.4, 0.5) is 22.0 Å². The maximum atomic E-state index is 13.6. The lowest BCUT2D eigenvalue weighted by atomic mass is 9.78. The van der Waals surface area contributed by atoms with Crippen LogP contribution in [0.2, 0.25) is 0 Å². The third-order valence-electron chi connectivity index (χ3n) is 5.34. The van der Waals surface area contributed by atoms with Crippen molar-refractivity contribution in [1.82, 2.24) is 0 Å². The van der Waals surface area contributed by atoms with Crippen LogP contribution in [0.15, 0.2) is 24.3 Å². The minimum absolute atomic E-state index is 0.305. The van der Waals surface area contributed by atoms with Crippen molar-refractivity contribution in [1.29, 1.82) is 0 Å². The first-order valence-corrected chi connectivity index (χ1v) is 9.51. The zero-order valence-electron chi connectivity index (χ0n) is 15.2. The third kappa shape index (κ3) is 6.10. The van der Waals surface area contributed by atoms with Gasteiger partial charge in [0.05, 0.1) is 0 Å². The second-order valence-corrected chi connectivity index (χ2v) is 7.31. The minimum Gasteiger partial charge on any atom is -0.206 e. The zero-order chi connectivity index (χ0) is 19.2. The van der Waals surface area contributed by atoms with Gasteiger partial charge in [0.2, 0.25) is 0 Å². The van der Waals surface area contributed by atoms with E-state index < -0.39 is 23.4 Å². The van der Waals surface area contributed by atoms with E-state index in [1.165, 1.54) is 19.3 Å². The molecule has 0 aliphatic heterocycles. The Morgan fingerprint density at radius 3 is 1.96 bits per heavy atom. The molecule has 0 unspecified atom stereocenters. The predicted molar refractivity (Wildman–Crippen MR) is 93.8 cm³/mol. The molecule has 26 heavy (non-hydrogen) atoms. The molecule has 1 aliphatic carbocycles. The molecular weight excluding hydrogens is 347 g/mol. The van der Waals surface area contributed by atoms with Gasteiger partial charge in [0.1, 0.15) is 17.2 Å². The molecule has 0 bridgehead atoms. The van der Waals surface area contributed by atoms with Gasteiger partial charge in [-0.3, -0.25) is 0 Å². The first kappa shape index (κ1) is 20.9. The molecule has 0 nitrogen and oxygen atoms in total. The van der Waals surface area contributed by atoms with Crippen LogP contribution < -0.4 is 0 Å². The summed E-state index contributed by atoms with van der Waals surface area (Å²) in [5, 5.41) is 0. The molecule has 1 saturated carbocycles. The van der Waals surface area contributed by atoms with Crippen LogP contribution in [0.25, 0.3) is 0 Å². The Morgan fingerprint density at radius 2 is 1.46 bits per heavy atom. The molecule has 1 aromatic carbocycles. The van der Waals surface area contributed by atoms with Crippen molar-refractivity contribution in [3.8, 4) is 0 Å². The minimum atomic E-state index is -5.00. The molecular formula is C21H27F5. The van der Waals surface area contributed by atoms with Crippen molar-refractivity contribution in [2.45, 2.75) is 70.9 Å². The Kier molecular flexibility index (Phi) is 7.66. The molecule has 0 atom stereocenters. The van der Waals surface area contributed by atoms with E-state index in [9.17, 15) is 22.0 Å². The fourth-order valence-corrected chi connectivity index (χ4v) is 3.84. The largest absolute Gasteiger partial charge is 0.422 e. The van der Waals surface area contributed by atoms with Gasteiger partial charge in [-0.15, -0.1) is 0 Å². The van der Waals surface area contributed by atoms with Gasteiger partial charge in [-0.05, 0) is 61.6 Å². The van der Waals surface area contributed by atoms with E-state index in [1.54, 1.807) is 0 Å². The number of allylic oxidation sites excluding steroid dienone is 2. The van der Waals surface area contributed by atoms with Gasteiger partial charge in [0.25, 0.3) is 0 Å². The molecule has 0 amide bonds. The van der Waals surface area contributed by atoms with Crippen molar-refractivity contribution in [2.24, 2.45) is 11.8 Å². The lowest BCUT2D eigenvalue weighted by Crippen LogP contribution is -2.15. The van der Waals surface area contributed by atoms with Crippen LogP contribution >= 0.6 is 0 Å². The highest BCUT2D eigenvalue weighted by molar-refractivity contribution is 5.28. The van der Waals surface area contributed by atoms with Crippen molar-refractivity contribution in [2.75, 3.05) is 0 Å². The smallest absolute Gasteiger partial charge is 0.206 e. The molecule has 5 heteroatoms. The fourth-order valence-electron chi connectivity index (χ4n) is 3.84. The summed E-state index contributed by atoms with van der Waals surface area (Å²) in [6.45, 7) is 2.12. The molecule has 0 N–H and O–H groups in total. The molecule has 146 valence electrons. The van der Waals surface area contributed by atoms with E-state index in [4.69, 9.17) is 0 Å². The highest BCUT2D eigenvalue weighted by Crippen LogP contribution is 2.36. The summed E-state index contributed by atoms with van der Waals surface area (Å²) in [7, 11) is 0. The van der Waals surface area contributed by atoms with E-state index in [0.717, 1.165) is 50.2 Å². The number of halogens is 5. The Balaban J connectivity index is 1.81. The van der Waals surface area contributed by atoms with Crippen LogP contribution in [-0.2, 0) is 12.6 Å². The summed E-state index contributed by atoms with van der Waals surface area (Å²) in [5.41, 5.74) is -1.49. The van der Waals surface area contributed by atoms with Crippen LogP contribution in [0, 0.1) is 23.5 Å². The fraction of sp³-hybridized carbons (Fsp3) is 0.619. The van der Waals surface area contributed by atoms with Crippen LogP contribution in [0.5, 0.6) is 0 Å². The average Bonchev–Trinajstić information content (AvgIpc) is 2.56. The van der Waals surface area contributed by atoms with Crippen LogP contribution in [0.1, 0.15) is 69.4 Å². The topological polar surface area (TPSA) is 0 Å². The number of benzene rings is 1. The van der Waals surface area contributed by atoms with Gasteiger partial charge >= 0.3 is 6.18 Å². The van der Waals surface area contributed by atoms with Crippen molar-refractivity contribution >= 4 is 0 Å². The molecule has 0 radical (unpaired) electrons. The average molecular weight is 374 g/mol. The van der Waals surface area contributed by atoms with Gasteiger partial charge in [-0.1, -0.05) is 44.8 Å². The summed E-state index contributed by atoms with van der Waals surface area (Å²) >= 11 is 0. The van der Waals surface area contributed by atoms with Gasteiger partial charge in [-0.2, -0.15) is 13.2 Å². The summed E-state index contributed by atoms with van der Waals surface area (Å²) in [5.74, 6) is -1.80. The molecule has 1 aliphatic rings. The molecule has 1 aromatic rings. The molecule has 0 spiro atoms. The van der Waals surface area contributed by atoms with Crippen LogP contribution in [0.3, 0.4) is 0 Å². The maximum Gasteiger partial charge on any atom is 0.422 e. The van der Waals surface area contributed by atoms with E-state index in [0.29, 0.717) is 17.9 Å².